The van der Waals surface area contributed by atoms with Crippen molar-refractivity contribution in [1.29, 1.82) is 0 Å². The van der Waals surface area contributed by atoms with Crippen LogP contribution in [-0.4, -0.2) is 35.6 Å². The molecular formula is C29H28BrClN2O4S. The van der Waals surface area contributed by atoms with Crippen LogP contribution in [0, 0.1) is 17.8 Å². The smallest absolute Gasteiger partial charge is 0.294 e. The van der Waals surface area contributed by atoms with Gasteiger partial charge in [0.15, 0.2) is 0 Å². The zero-order valence-corrected chi connectivity index (χ0v) is 24.1. The highest BCUT2D eigenvalue weighted by Gasteiger charge is 2.51. The number of nitrogens with one attached hydrogen (secondary N) is 1. The Morgan fingerprint density at radius 3 is 2.45 bits per heavy atom. The minimum atomic E-state index is -0.480. The van der Waals surface area contributed by atoms with E-state index in [2.05, 4.69) is 33.4 Å². The van der Waals surface area contributed by atoms with E-state index in [-0.39, 0.29) is 16.9 Å². The van der Waals surface area contributed by atoms with E-state index in [4.69, 9.17) is 16.3 Å². The van der Waals surface area contributed by atoms with Gasteiger partial charge in [0.2, 0.25) is 5.91 Å². The molecule has 4 saturated carbocycles. The number of amides is 3. The third-order valence-electron chi connectivity index (χ3n) is 8.55. The van der Waals surface area contributed by atoms with Crippen molar-refractivity contribution in [2.24, 2.45) is 17.8 Å². The SMILES string of the molecule is COc1ccc(C23CC4CC(CC(C4)C2)C3)cc1/C=C1/SC(=O)N(CC(=O)Nc2ccc(Br)c(Cl)c2)C1=O. The lowest BCUT2D eigenvalue weighted by atomic mass is 9.48. The van der Waals surface area contributed by atoms with E-state index < -0.39 is 17.1 Å². The van der Waals surface area contributed by atoms with E-state index >= 15 is 0 Å². The molecule has 9 heteroatoms. The monoisotopic (exact) mass is 614 g/mol. The minimum Gasteiger partial charge on any atom is -0.496 e. The Morgan fingerprint density at radius 1 is 1.13 bits per heavy atom. The second-order valence-electron chi connectivity index (χ2n) is 11.1. The van der Waals surface area contributed by atoms with Crippen molar-refractivity contribution >= 4 is 68.1 Å². The van der Waals surface area contributed by atoms with Crippen LogP contribution in [0.1, 0.15) is 49.7 Å². The maximum Gasteiger partial charge on any atom is 0.294 e. The molecule has 2 aromatic rings. The molecular weight excluding hydrogens is 588 g/mol. The summed E-state index contributed by atoms with van der Waals surface area (Å²) < 4.78 is 6.33. The van der Waals surface area contributed by atoms with Gasteiger partial charge >= 0.3 is 0 Å². The third kappa shape index (κ3) is 4.80. The molecule has 0 aromatic heterocycles. The Kier molecular flexibility index (Phi) is 6.85. The number of thioether (sulfide) groups is 1. The van der Waals surface area contributed by atoms with Gasteiger partial charge in [0.05, 0.1) is 17.0 Å². The molecule has 0 atom stereocenters. The Balaban J connectivity index is 1.22. The van der Waals surface area contributed by atoms with Gasteiger partial charge in [-0.25, -0.2) is 0 Å². The van der Waals surface area contributed by atoms with Crippen molar-refractivity contribution in [2.45, 2.75) is 43.9 Å². The molecule has 4 aliphatic carbocycles. The normalized spacial score (nSPS) is 28.9. The summed E-state index contributed by atoms with van der Waals surface area (Å²) in [5.74, 6) is 2.17. The number of imide groups is 1. The van der Waals surface area contributed by atoms with E-state index in [0.717, 1.165) is 40.0 Å². The van der Waals surface area contributed by atoms with Crippen molar-refractivity contribution in [3.8, 4) is 5.75 Å². The molecule has 1 N–H and O–H groups in total. The average Bonchev–Trinajstić information content (AvgIpc) is 3.12. The molecule has 0 unspecified atom stereocenters. The van der Waals surface area contributed by atoms with E-state index in [1.165, 1.54) is 44.1 Å². The molecule has 1 saturated heterocycles. The first-order chi connectivity index (χ1) is 18.2. The summed E-state index contributed by atoms with van der Waals surface area (Å²) in [6, 6.07) is 11.3. The van der Waals surface area contributed by atoms with Gasteiger partial charge in [-0.3, -0.25) is 19.3 Å². The quantitative estimate of drug-likeness (QED) is 0.347. The molecule has 3 amide bonds. The molecule has 1 aliphatic heterocycles. The van der Waals surface area contributed by atoms with Gasteiger partial charge in [-0.1, -0.05) is 17.7 Å². The zero-order valence-electron chi connectivity index (χ0n) is 21.0. The highest BCUT2D eigenvalue weighted by Crippen LogP contribution is 2.61. The van der Waals surface area contributed by atoms with Crippen molar-refractivity contribution in [3.63, 3.8) is 0 Å². The van der Waals surface area contributed by atoms with Crippen LogP contribution in [-0.2, 0) is 15.0 Å². The fraction of sp³-hybridized carbons (Fsp3) is 0.414. The van der Waals surface area contributed by atoms with Crippen LogP contribution in [0.3, 0.4) is 0 Å². The number of anilines is 1. The van der Waals surface area contributed by atoms with E-state index in [1.54, 1.807) is 31.4 Å². The average molecular weight is 616 g/mol. The van der Waals surface area contributed by atoms with Crippen molar-refractivity contribution in [1.82, 2.24) is 4.90 Å². The number of nitrogens with zero attached hydrogens (tertiary/aromatic N) is 1. The summed E-state index contributed by atoms with van der Waals surface area (Å²) in [4.78, 5) is 39.8. The number of carbonyl (C=O) groups is 3. The summed E-state index contributed by atoms with van der Waals surface area (Å²) in [6.45, 7) is -0.375. The molecule has 5 fully saturated rings. The van der Waals surface area contributed by atoms with Crippen LogP contribution < -0.4 is 10.1 Å². The fourth-order valence-electron chi connectivity index (χ4n) is 7.34. The molecule has 2 aromatic carbocycles. The maximum atomic E-state index is 13.2. The minimum absolute atomic E-state index is 0.205. The maximum absolute atomic E-state index is 13.2. The lowest BCUT2D eigenvalue weighted by Gasteiger charge is -2.57. The molecule has 7 rings (SSSR count). The van der Waals surface area contributed by atoms with Crippen molar-refractivity contribution in [2.75, 3.05) is 19.0 Å². The fourth-order valence-corrected chi connectivity index (χ4v) is 8.59. The number of carbonyl (C=O) groups excluding carboxylic acids is 3. The lowest BCUT2D eigenvalue weighted by molar-refractivity contribution is -0.127. The predicted molar refractivity (Wildman–Crippen MR) is 153 cm³/mol. The van der Waals surface area contributed by atoms with Crippen LogP contribution >= 0.6 is 39.3 Å². The number of hydrogen-bond donors (Lipinski definition) is 1. The highest BCUT2D eigenvalue weighted by molar-refractivity contribution is 9.10. The van der Waals surface area contributed by atoms with E-state index in [1.807, 2.05) is 6.07 Å². The number of benzene rings is 2. The molecule has 5 aliphatic rings. The Labute approximate surface area is 239 Å². The topological polar surface area (TPSA) is 75.7 Å². The largest absolute Gasteiger partial charge is 0.496 e. The van der Waals surface area contributed by atoms with Crippen molar-refractivity contribution < 1.29 is 19.1 Å². The van der Waals surface area contributed by atoms with Crippen LogP contribution in [0.25, 0.3) is 6.08 Å². The Bertz CT molecular complexity index is 1340. The number of rotatable bonds is 6. The van der Waals surface area contributed by atoms with Crippen LogP contribution in [0.5, 0.6) is 5.75 Å². The van der Waals surface area contributed by atoms with Gasteiger partial charge < -0.3 is 10.1 Å². The van der Waals surface area contributed by atoms with Crippen LogP contribution in [0.15, 0.2) is 45.8 Å². The number of hydrogen-bond acceptors (Lipinski definition) is 5. The van der Waals surface area contributed by atoms with Gasteiger partial charge in [0, 0.05) is 15.7 Å². The molecule has 6 nitrogen and oxygen atoms in total. The van der Waals surface area contributed by atoms with Gasteiger partial charge in [-0.15, -0.1) is 0 Å². The molecule has 0 radical (unpaired) electrons. The number of methoxy groups -OCH3 is 1. The lowest BCUT2D eigenvalue weighted by Crippen LogP contribution is -2.48. The number of ether oxygens (including phenoxy) is 1. The van der Waals surface area contributed by atoms with E-state index in [9.17, 15) is 14.4 Å². The highest BCUT2D eigenvalue weighted by atomic mass is 79.9. The first-order valence-corrected chi connectivity index (χ1v) is 14.9. The molecule has 198 valence electrons. The van der Waals surface area contributed by atoms with Crippen molar-refractivity contribution in [3.05, 3.63) is 61.9 Å². The Morgan fingerprint density at radius 2 is 1.82 bits per heavy atom. The van der Waals surface area contributed by atoms with Gasteiger partial charge in [-0.05, 0) is 131 Å². The summed E-state index contributed by atoms with van der Waals surface area (Å²) in [6.07, 6.45) is 9.56. The molecule has 0 spiro atoms. The van der Waals surface area contributed by atoms with Crippen LogP contribution in [0.2, 0.25) is 5.02 Å². The van der Waals surface area contributed by atoms with Gasteiger partial charge in [-0.2, -0.15) is 0 Å². The summed E-state index contributed by atoms with van der Waals surface area (Å²) >= 11 is 10.3. The second-order valence-corrected chi connectivity index (χ2v) is 13.4. The predicted octanol–water partition coefficient (Wildman–Crippen LogP) is 7.25. The van der Waals surface area contributed by atoms with Gasteiger partial charge in [0.1, 0.15) is 12.3 Å². The summed E-state index contributed by atoms with van der Waals surface area (Å²) in [5, 5.41) is 2.67. The zero-order chi connectivity index (χ0) is 26.6. The number of halogens is 2. The molecule has 38 heavy (non-hydrogen) atoms. The van der Waals surface area contributed by atoms with Gasteiger partial charge in [0.25, 0.3) is 11.1 Å². The first-order valence-electron chi connectivity index (χ1n) is 12.9. The third-order valence-corrected chi connectivity index (χ3v) is 10.7. The van der Waals surface area contributed by atoms with Crippen LogP contribution in [0.4, 0.5) is 10.5 Å². The standard InChI is InChI=1S/C29H28BrClN2O4S/c1-37-24-5-2-20(29-12-16-6-17(13-29)8-18(7-16)14-29)9-19(24)10-25-27(35)33(28(36)38-25)15-26(34)32-21-3-4-22(30)23(31)11-21/h2-5,9-11,16-18H,6-8,12-15H2,1H3,(H,32,34)/b25-10+. The molecule has 1 heterocycles. The van der Waals surface area contributed by atoms with E-state index in [0.29, 0.717) is 20.9 Å². The first kappa shape index (κ1) is 26.0. The molecule has 4 bridgehead atoms. The summed E-state index contributed by atoms with van der Waals surface area (Å²) in [7, 11) is 1.61. The second kappa shape index (κ2) is 10.0. The summed E-state index contributed by atoms with van der Waals surface area (Å²) in [5.41, 5.74) is 2.80. The Hall–Kier alpha value is -2.29.